The lowest BCUT2D eigenvalue weighted by Crippen LogP contribution is -2.51. The van der Waals surface area contributed by atoms with Gasteiger partial charge in [0.2, 0.25) is 0 Å². The summed E-state index contributed by atoms with van der Waals surface area (Å²) >= 11 is 0. The molecule has 8 nitrogen and oxygen atoms in total. The quantitative estimate of drug-likeness (QED) is 0.832. The van der Waals surface area contributed by atoms with Crippen LogP contribution in [0.2, 0.25) is 0 Å². The monoisotopic (exact) mass is 349 g/mol. The summed E-state index contributed by atoms with van der Waals surface area (Å²) in [5.74, 6) is 0.790. The largest absolute Gasteiger partial charge is 0.381 e. The molecule has 2 aliphatic heterocycles. The molecule has 8 heteroatoms. The number of hydrogen-bond acceptors (Lipinski definition) is 5. The number of amides is 2. The Hall–Kier alpha value is -2.09. The van der Waals surface area contributed by atoms with Crippen LogP contribution in [0.1, 0.15) is 32.1 Å². The van der Waals surface area contributed by atoms with E-state index in [2.05, 4.69) is 20.6 Å². The third-order valence-electron chi connectivity index (χ3n) is 4.92. The fourth-order valence-electron chi connectivity index (χ4n) is 3.45. The van der Waals surface area contributed by atoms with E-state index in [9.17, 15) is 9.59 Å². The van der Waals surface area contributed by atoms with E-state index in [-0.39, 0.29) is 23.7 Å². The summed E-state index contributed by atoms with van der Waals surface area (Å²) in [5, 5.41) is 10.4. The topological polar surface area (TPSA) is 88.5 Å². The maximum absolute atomic E-state index is 12.2. The summed E-state index contributed by atoms with van der Waals surface area (Å²) in [6.45, 7) is 2.87. The molecule has 0 aromatic carbocycles. The highest BCUT2D eigenvalue weighted by Crippen LogP contribution is 2.21. The Bertz CT molecular complexity index is 641. The number of anilines is 1. The molecule has 2 amide bonds. The number of carbonyl (C=O) groups is 1. The molecule has 1 atom stereocenters. The molecule has 0 aliphatic carbocycles. The fraction of sp³-hybridized carbons (Fsp3) is 0.706. The van der Waals surface area contributed by atoms with E-state index in [0.717, 1.165) is 44.5 Å². The summed E-state index contributed by atoms with van der Waals surface area (Å²) in [6, 6.07) is 3.58. The molecule has 3 heterocycles. The van der Waals surface area contributed by atoms with Gasteiger partial charge in [-0.25, -0.2) is 9.48 Å². The van der Waals surface area contributed by atoms with Gasteiger partial charge in [-0.2, -0.15) is 5.10 Å². The van der Waals surface area contributed by atoms with Crippen LogP contribution in [-0.4, -0.2) is 54.2 Å². The minimum Gasteiger partial charge on any atom is -0.381 e. The van der Waals surface area contributed by atoms with E-state index >= 15 is 0 Å². The van der Waals surface area contributed by atoms with Crippen molar-refractivity contribution < 1.29 is 9.53 Å². The average molecular weight is 349 g/mol. The summed E-state index contributed by atoms with van der Waals surface area (Å²) < 4.78 is 6.66. The zero-order chi connectivity index (χ0) is 17.6. The Morgan fingerprint density at radius 2 is 2.08 bits per heavy atom. The van der Waals surface area contributed by atoms with Gasteiger partial charge in [-0.1, -0.05) is 0 Å². The predicted molar refractivity (Wildman–Crippen MR) is 94.8 cm³/mol. The van der Waals surface area contributed by atoms with Crippen molar-refractivity contribution in [2.75, 3.05) is 31.2 Å². The number of piperidine rings is 1. The highest BCUT2D eigenvalue weighted by Gasteiger charge is 2.25. The molecule has 0 saturated carbocycles. The van der Waals surface area contributed by atoms with Crippen LogP contribution in [-0.2, 0) is 11.8 Å². The molecule has 2 fully saturated rings. The molecular formula is C17H27N5O3. The maximum atomic E-state index is 12.2. The summed E-state index contributed by atoms with van der Waals surface area (Å²) in [7, 11) is 1.66. The van der Waals surface area contributed by atoms with E-state index in [4.69, 9.17) is 4.74 Å². The smallest absolute Gasteiger partial charge is 0.315 e. The minimum absolute atomic E-state index is 0.119. The van der Waals surface area contributed by atoms with Crippen molar-refractivity contribution in [3.8, 4) is 0 Å². The van der Waals surface area contributed by atoms with E-state index in [1.807, 2.05) is 0 Å². The van der Waals surface area contributed by atoms with Crippen LogP contribution < -0.4 is 21.1 Å². The maximum Gasteiger partial charge on any atom is 0.315 e. The van der Waals surface area contributed by atoms with Crippen LogP contribution in [0, 0.1) is 0 Å². The third-order valence-corrected chi connectivity index (χ3v) is 4.92. The summed E-state index contributed by atoms with van der Waals surface area (Å²) in [5.41, 5.74) is -0.119. The van der Waals surface area contributed by atoms with Crippen molar-refractivity contribution >= 4 is 11.8 Å². The summed E-state index contributed by atoms with van der Waals surface area (Å²) in [4.78, 5) is 25.9. The van der Waals surface area contributed by atoms with Crippen LogP contribution in [0.15, 0.2) is 16.9 Å². The number of hydrogen-bond donors (Lipinski definition) is 2. The van der Waals surface area contributed by atoms with Gasteiger partial charge < -0.3 is 20.3 Å². The van der Waals surface area contributed by atoms with Crippen molar-refractivity contribution in [2.45, 2.75) is 44.2 Å². The number of aromatic nitrogens is 2. The number of nitrogens with one attached hydrogen (secondary N) is 2. The predicted octanol–water partition coefficient (Wildman–Crippen LogP) is 0.617. The first-order chi connectivity index (χ1) is 12.1. The molecule has 1 aromatic heterocycles. The first-order valence-corrected chi connectivity index (χ1v) is 9.06. The van der Waals surface area contributed by atoms with Crippen molar-refractivity contribution in [3.63, 3.8) is 0 Å². The second kappa shape index (κ2) is 8.33. The molecule has 138 valence electrons. The number of carbonyl (C=O) groups excluding carboxylic acids is 1. The first-order valence-electron chi connectivity index (χ1n) is 9.06. The SMILES string of the molecule is Cn1nc(N2CCCCC2CNC(=O)NC2CCOCC2)ccc1=O. The molecule has 3 rings (SSSR count). The van der Waals surface area contributed by atoms with Gasteiger partial charge in [0.15, 0.2) is 0 Å². The number of rotatable bonds is 4. The standard InChI is InChI=1S/C17H27N5O3/c1-21-16(23)6-5-15(20-21)22-9-3-2-4-14(22)12-18-17(24)19-13-7-10-25-11-8-13/h5-6,13-14H,2-4,7-12H2,1H3,(H2,18,19,24). The molecule has 25 heavy (non-hydrogen) atoms. The molecule has 0 spiro atoms. The van der Waals surface area contributed by atoms with Crippen LogP contribution in [0.5, 0.6) is 0 Å². The number of aryl methyl sites for hydroxylation is 1. The zero-order valence-corrected chi connectivity index (χ0v) is 14.7. The van der Waals surface area contributed by atoms with Crippen molar-refractivity contribution in [1.82, 2.24) is 20.4 Å². The Balaban J connectivity index is 1.56. The molecule has 0 radical (unpaired) electrons. The number of nitrogens with zero attached hydrogens (tertiary/aromatic N) is 3. The minimum atomic E-state index is -0.120. The Kier molecular flexibility index (Phi) is 5.91. The van der Waals surface area contributed by atoms with Crippen LogP contribution in [0.3, 0.4) is 0 Å². The zero-order valence-electron chi connectivity index (χ0n) is 14.7. The summed E-state index contributed by atoms with van der Waals surface area (Å²) in [6.07, 6.45) is 4.96. The lowest BCUT2D eigenvalue weighted by atomic mass is 10.0. The average Bonchev–Trinajstić information content (AvgIpc) is 2.63. The van der Waals surface area contributed by atoms with E-state index < -0.39 is 0 Å². The van der Waals surface area contributed by atoms with E-state index in [0.29, 0.717) is 19.8 Å². The van der Waals surface area contributed by atoms with E-state index in [1.165, 1.54) is 4.68 Å². The normalized spacial score (nSPS) is 21.8. The highest BCUT2D eigenvalue weighted by atomic mass is 16.5. The third kappa shape index (κ3) is 4.72. The van der Waals surface area contributed by atoms with Crippen molar-refractivity contribution in [2.24, 2.45) is 7.05 Å². The fourth-order valence-corrected chi connectivity index (χ4v) is 3.45. The highest BCUT2D eigenvalue weighted by molar-refractivity contribution is 5.74. The Labute approximate surface area is 147 Å². The van der Waals surface area contributed by atoms with Gasteiger partial charge in [0.05, 0.1) is 0 Å². The molecule has 1 aromatic rings. The number of ether oxygens (including phenoxy) is 1. The molecule has 2 aliphatic rings. The van der Waals surface area contributed by atoms with Gasteiger partial charge in [0.1, 0.15) is 5.82 Å². The van der Waals surface area contributed by atoms with E-state index in [1.54, 1.807) is 19.2 Å². The lowest BCUT2D eigenvalue weighted by Gasteiger charge is -2.36. The Morgan fingerprint density at radius 1 is 1.28 bits per heavy atom. The molecular weight excluding hydrogens is 322 g/mol. The molecule has 2 saturated heterocycles. The van der Waals surface area contributed by atoms with Gasteiger partial charge in [-0.15, -0.1) is 0 Å². The molecule has 2 N–H and O–H groups in total. The van der Waals surface area contributed by atoms with Crippen LogP contribution in [0.25, 0.3) is 0 Å². The van der Waals surface area contributed by atoms with Gasteiger partial charge in [-0.05, 0) is 38.2 Å². The van der Waals surface area contributed by atoms with Gasteiger partial charge >= 0.3 is 6.03 Å². The lowest BCUT2D eigenvalue weighted by molar-refractivity contribution is 0.0800. The van der Waals surface area contributed by atoms with Crippen LogP contribution >= 0.6 is 0 Å². The van der Waals surface area contributed by atoms with Crippen LogP contribution in [0.4, 0.5) is 10.6 Å². The molecule has 0 bridgehead atoms. The van der Waals surface area contributed by atoms with Gasteiger partial charge in [-0.3, -0.25) is 4.79 Å². The molecule has 1 unspecified atom stereocenters. The Morgan fingerprint density at radius 3 is 2.84 bits per heavy atom. The number of urea groups is 1. The second-order valence-electron chi connectivity index (χ2n) is 6.74. The van der Waals surface area contributed by atoms with Gasteiger partial charge in [0, 0.05) is 51.5 Å². The van der Waals surface area contributed by atoms with Gasteiger partial charge in [0.25, 0.3) is 5.56 Å². The van der Waals surface area contributed by atoms with Crippen molar-refractivity contribution in [1.29, 1.82) is 0 Å². The second-order valence-corrected chi connectivity index (χ2v) is 6.74. The van der Waals surface area contributed by atoms with Crippen molar-refractivity contribution in [3.05, 3.63) is 22.5 Å². The first kappa shape index (κ1) is 17.7.